The molecule has 0 spiro atoms. The second-order valence-electron chi connectivity index (χ2n) is 3.66. The van der Waals surface area contributed by atoms with Crippen LogP contribution in [0.5, 0.6) is 0 Å². The van der Waals surface area contributed by atoms with E-state index in [1.54, 1.807) is 6.07 Å². The maximum absolute atomic E-state index is 10.6. The predicted molar refractivity (Wildman–Crippen MR) is 68.3 cm³/mol. The van der Waals surface area contributed by atoms with Crippen molar-refractivity contribution in [3.8, 4) is 0 Å². The fraction of sp³-hybridized carbons (Fsp3) is 0.154. The number of hydrogen-bond acceptors (Lipinski definition) is 3. The summed E-state index contributed by atoms with van der Waals surface area (Å²) in [7, 11) is 0. The van der Waals surface area contributed by atoms with Crippen molar-refractivity contribution in [3.05, 3.63) is 58.0 Å². The monoisotopic (exact) mass is 310 g/mol. The maximum Gasteiger partial charge on any atom is 0.371 e. The molecule has 0 aliphatic heterocycles. The summed E-state index contributed by atoms with van der Waals surface area (Å²) in [4.78, 5) is 10.6. The number of furan rings is 1. The van der Waals surface area contributed by atoms with Gasteiger partial charge in [-0.25, -0.2) is 4.79 Å². The van der Waals surface area contributed by atoms with Crippen LogP contribution in [0.4, 0.5) is 0 Å². The van der Waals surface area contributed by atoms with Gasteiger partial charge in [0.05, 0.1) is 6.61 Å². The van der Waals surface area contributed by atoms with Crippen molar-refractivity contribution in [1.29, 1.82) is 0 Å². The van der Waals surface area contributed by atoms with Crippen molar-refractivity contribution in [2.45, 2.75) is 13.2 Å². The van der Waals surface area contributed by atoms with E-state index >= 15 is 0 Å². The lowest BCUT2D eigenvalue weighted by Gasteiger charge is -2.04. The van der Waals surface area contributed by atoms with Crippen LogP contribution in [-0.4, -0.2) is 11.1 Å². The van der Waals surface area contributed by atoms with Crippen LogP contribution >= 0.6 is 15.9 Å². The molecule has 18 heavy (non-hydrogen) atoms. The van der Waals surface area contributed by atoms with Gasteiger partial charge in [0.2, 0.25) is 5.76 Å². The van der Waals surface area contributed by atoms with Crippen LogP contribution in [0.3, 0.4) is 0 Å². The van der Waals surface area contributed by atoms with Crippen molar-refractivity contribution in [3.63, 3.8) is 0 Å². The molecule has 0 bridgehead atoms. The molecule has 1 N–H and O–H groups in total. The van der Waals surface area contributed by atoms with E-state index in [0.717, 1.165) is 10.0 Å². The molecule has 0 aliphatic carbocycles. The fourth-order valence-corrected chi connectivity index (χ4v) is 1.85. The lowest BCUT2D eigenvalue weighted by Crippen LogP contribution is -1.95. The Morgan fingerprint density at radius 2 is 2.00 bits per heavy atom. The zero-order chi connectivity index (χ0) is 13.0. The van der Waals surface area contributed by atoms with Gasteiger partial charge in [-0.2, -0.15) is 0 Å². The van der Waals surface area contributed by atoms with E-state index in [9.17, 15) is 4.79 Å². The van der Waals surface area contributed by atoms with E-state index in [1.165, 1.54) is 6.07 Å². The molecule has 0 aliphatic rings. The van der Waals surface area contributed by atoms with Crippen molar-refractivity contribution < 1.29 is 19.1 Å². The quantitative estimate of drug-likeness (QED) is 0.918. The summed E-state index contributed by atoms with van der Waals surface area (Å²) < 4.78 is 11.5. The van der Waals surface area contributed by atoms with Gasteiger partial charge < -0.3 is 14.3 Å². The van der Waals surface area contributed by atoms with Gasteiger partial charge in [-0.1, -0.05) is 34.1 Å². The third-order valence-corrected chi connectivity index (χ3v) is 3.11. The number of rotatable bonds is 5. The number of carboxylic acids is 1. The van der Waals surface area contributed by atoms with Crippen LogP contribution < -0.4 is 0 Å². The molecule has 5 heteroatoms. The maximum atomic E-state index is 10.6. The standard InChI is InChI=1S/C13H11BrO4/c14-11-4-2-1-3-9(11)7-17-8-10-5-6-12(18-10)13(15)16/h1-6H,7-8H2,(H,15,16). The van der Waals surface area contributed by atoms with E-state index in [2.05, 4.69) is 15.9 Å². The lowest BCUT2D eigenvalue weighted by atomic mass is 10.2. The largest absolute Gasteiger partial charge is 0.475 e. The zero-order valence-corrected chi connectivity index (χ0v) is 11.0. The Morgan fingerprint density at radius 3 is 2.67 bits per heavy atom. The molecule has 1 aromatic heterocycles. The molecular formula is C13H11BrO4. The number of hydrogen-bond donors (Lipinski definition) is 1. The van der Waals surface area contributed by atoms with Crippen molar-refractivity contribution in [2.24, 2.45) is 0 Å². The normalized spacial score (nSPS) is 10.5. The van der Waals surface area contributed by atoms with E-state index in [1.807, 2.05) is 24.3 Å². The predicted octanol–water partition coefficient (Wildman–Crippen LogP) is 3.46. The van der Waals surface area contributed by atoms with Crippen LogP contribution in [0, 0.1) is 0 Å². The van der Waals surface area contributed by atoms with Crippen molar-refractivity contribution in [2.75, 3.05) is 0 Å². The topological polar surface area (TPSA) is 59.7 Å². The average molecular weight is 311 g/mol. The van der Waals surface area contributed by atoms with Crippen molar-refractivity contribution in [1.82, 2.24) is 0 Å². The molecule has 2 rings (SSSR count). The Balaban J connectivity index is 1.88. The third-order valence-electron chi connectivity index (χ3n) is 2.33. The second-order valence-corrected chi connectivity index (χ2v) is 4.51. The highest BCUT2D eigenvalue weighted by Crippen LogP contribution is 2.17. The highest BCUT2D eigenvalue weighted by atomic mass is 79.9. The minimum absolute atomic E-state index is 0.0745. The minimum Gasteiger partial charge on any atom is -0.475 e. The van der Waals surface area contributed by atoms with Crippen LogP contribution in [-0.2, 0) is 18.0 Å². The molecule has 0 atom stereocenters. The SMILES string of the molecule is O=C(O)c1ccc(COCc2ccccc2Br)o1. The summed E-state index contributed by atoms with van der Waals surface area (Å²) in [6, 6.07) is 10.8. The Hall–Kier alpha value is -1.59. The molecule has 0 unspecified atom stereocenters. The number of aromatic carboxylic acids is 1. The summed E-state index contributed by atoms with van der Waals surface area (Å²) >= 11 is 3.42. The summed E-state index contributed by atoms with van der Waals surface area (Å²) in [5.74, 6) is -0.652. The average Bonchev–Trinajstić information content (AvgIpc) is 2.80. The summed E-state index contributed by atoms with van der Waals surface area (Å²) in [6.45, 7) is 0.680. The Labute approximate surface area is 112 Å². The number of ether oxygens (including phenoxy) is 1. The molecule has 0 amide bonds. The summed E-state index contributed by atoms with van der Waals surface area (Å²) in [6.07, 6.45) is 0. The van der Waals surface area contributed by atoms with E-state index in [-0.39, 0.29) is 12.4 Å². The van der Waals surface area contributed by atoms with Crippen LogP contribution in [0.1, 0.15) is 21.9 Å². The molecule has 1 aromatic carbocycles. The molecule has 0 radical (unpaired) electrons. The molecular weight excluding hydrogens is 300 g/mol. The number of benzene rings is 1. The molecule has 0 saturated heterocycles. The molecule has 0 saturated carbocycles. The van der Waals surface area contributed by atoms with E-state index < -0.39 is 5.97 Å². The van der Waals surface area contributed by atoms with Gasteiger partial charge in [0.1, 0.15) is 12.4 Å². The van der Waals surface area contributed by atoms with Gasteiger partial charge in [-0.3, -0.25) is 0 Å². The van der Waals surface area contributed by atoms with Crippen LogP contribution in [0.2, 0.25) is 0 Å². The molecule has 1 heterocycles. The Kier molecular flexibility index (Phi) is 4.17. The third kappa shape index (κ3) is 3.21. The van der Waals surface area contributed by atoms with Gasteiger partial charge in [-0.15, -0.1) is 0 Å². The summed E-state index contributed by atoms with van der Waals surface area (Å²) in [5.41, 5.74) is 1.03. The molecule has 2 aromatic rings. The van der Waals surface area contributed by atoms with Gasteiger partial charge in [0.25, 0.3) is 0 Å². The highest BCUT2D eigenvalue weighted by Gasteiger charge is 2.08. The van der Waals surface area contributed by atoms with Crippen LogP contribution in [0.15, 0.2) is 45.3 Å². The first-order chi connectivity index (χ1) is 8.66. The van der Waals surface area contributed by atoms with Gasteiger partial charge in [0.15, 0.2) is 0 Å². The zero-order valence-electron chi connectivity index (χ0n) is 9.43. The van der Waals surface area contributed by atoms with E-state index in [0.29, 0.717) is 12.4 Å². The fourth-order valence-electron chi connectivity index (χ4n) is 1.45. The van der Waals surface area contributed by atoms with Gasteiger partial charge in [-0.05, 0) is 23.8 Å². The lowest BCUT2D eigenvalue weighted by molar-refractivity contribution is 0.0640. The molecule has 0 fully saturated rings. The first kappa shape index (κ1) is 12.9. The number of halogens is 1. The highest BCUT2D eigenvalue weighted by molar-refractivity contribution is 9.10. The second kappa shape index (κ2) is 5.84. The van der Waals surface area contributed by atoms with Gasteiger partial charge in [0, 0.05) is 4.47 Å². The van der Waals surface area contributed by atoms with Crippen LogP contribution in [0.25, 0.3) is 0 Å². The summed E-state index contributed by atoms with van der Waals surface area (Å²) in [5, 5.41) is 8.70. The first-order valence-corrected chi connectivity index (χ1v) is 6.09. The van der Waals surface area contributed by atoms with Crippen molar-refractivity contribution >= 4 is 21.9 Å². The molecule has 4 nitrogen and oxygen atoms in total. The Bertz CT molecular complexity index is 547. The number of carboxylic acid groups (broad SMARTS) is 1. The van der Waals surface area contributed by atoms with E-state index in [4.69, 9.17) is 14.3 Å². The smallest absolute Gasteiger partial charge is 0.371 e. The Morgan fingerprint density at radius 1 is 1.22 bits per heavy atom. The minimum atomic E-state index is -1.08. The molecule has 94 valence electrons. The number of carbonyl (C=O) groups is 1. The van der Waals surface area contributed by atoms with Gasteiger partial charge >= 0.3 is 5.97 Å². The first-order valence-electron chi connectivity index (χ1n) is 5.30.